The third-order valence-electron chi connectivity index (χ3n) is 6.05. The summed E-state index contributed by atoms with van der Waals surface area (Å²) in [6.07, 6.45) is 4.10. The Labute approximate surface area is 254 Å². The van der Waals surface area contributed by atoms with E-state index in [1.165, 1.54) is 12.5 Å². The Kier molecular flexibility index (Phi) is 16.7. The van der Waals surface area contributed by atoms with Gasteiger partial charge in [0.05, 0.1) is 12.4 Å². The van der Waals surface area contributed by atoms with Crippen LogP contribution in [-0.2, 0) is 25.6 Å². The van der Waals surface area contributed by atoms with Gasteiger partial charge in [0.1, 0.15) is 18.1 Å². The number of imidazole rings is 1. The van der Waals surface area contributed by atoms with Crippen molar-refractivity contribution in [1.82, 2.24) is 25.9 Å². The minimum Gasteiger partial charge on any atom is -0.480 e. The highest BCUT2D eigenvalue weighted by atomic mass is 16.4. The van der Waals surface area contributed by atoms with Crippen molar-refractivity contribution in [1.29, 1.82) is 0 Å². The zero-order valence-corrected chi connectivity index (χ0v) is 24.4. The van der Waals surface area contributed by atoms with Crippen LogP contribution in [0.25, 0.3) is 0 Å². The molecule has 0 radical (unpaired) electrons. The number of aromatic nitrogens is 2. The number of carboxylic acid groups (broad SMARTS) is 1. The van der Waals surface area contributed by atoms with Gasteiger partial charge in [0.15, 0.2) is 17.9 Å². The lowest BCUT2D eigenvalue weighted by molar-refractivity contribution is -0.142. The van der Waals surface area contributed by atoms with Gasteiger partial charge in [0.2, 0.25) is 17.7 Å². The maximum absolute atomic E-state index is 13.5. The number of hydrogen-bond acceptors (Lipinski definition) is 9. The van der Waals surface area contributed by atoms with Crippen LogP contribution in [0.3, 0.4) is 0 Å². The van der Waals surface area contributed by atoms with Gasteiger partial charge in [0.25, 0.3) is 0 Å². The molecule has 0 aromatic carbocycles. The van der Waals surface area contributed by atoms with Crippen LogP contribution in [0.4, 0.5) is 0 Å². The number of hydrogen-bond donors (Lipinski definition) is 12. The second-order valence-electron chi connectivity index (χ2n) is 9.76. The molecule has 19 N–H and O–H groups in total. The molecule has 0 spiro atoms. The van der Waals surface area contributed by atoms with E-state index in [4.69, 9.17) is 40.1 Å². The largest absolute Gasteiger partial charge is 0.480 e. The lowest BCUT2D eigenvalue weighted by Crippen LogP contribution is -2.57. The summed E-state index contributed by atoms with van der Waals surface area (Å²) in [5.74, 6) is -3.77. The van der Waals surface area contributed by atoms with E-state index in [1.807, 2.05) is 0 Å². The second-order valence-corrected chi connectivity index (χ2v) is 9.76. The number of rotatable bonds is 21. The second kappa shape index (κ2) is 19.9. The molecule has 1 aromatic rings. The van der Waals surface area contributed by atoms with E-state index in [2.05, 4.69) is 40.9 Å². The maximum atomic E-state index is 13.5. The molecular weight excluding hydrogens is 578 g/mol. The predicted octanol–water partition coefficient (Wildman–Crippen LogP) is -5.02. The van der Waals surface area contributed by atoms with E-state index < -0.39 is 47.9 Å². The van der Waals surface area contributed by atoms with E-state index in [1.54, 1.807) is 0 Å². The van der Waals surface area contributed by atoms with Crippen molar-refractivity contribution < 1.29 is 24.3 Å². The summed E-state index contributed by atoms with van der Waals surface area (Å²) in [4.78, 5) is 69.7. The third kappa shape index (κ3) is 15.7. The number of nitrogens with two attached hydrogens (primary N) is 7. The van der Waals surface area contributed by atoms with Crippen LogP contribution in [0.5, 0.6) is 0 Å². The topological polar surface area (TPSA) is 372 Å². The number of aromatic amines is 1. The number of nitrogens with one attached hydrogen (secondary N) is 4. The minimum atomic E-state index is -1.29. The Bertz CT molecular complexity index is 1140. The quantitative estimate of drug-likeness (QED) is 0.0347. The lowest BCUT2D eigenvalue weighted by atomic mass is 10.1. The first-order chi connectivity index (χ1) is 20.8. The number of carbonyl (C=O) groups excluding carboxylic acids is 3. The molecule has 20 nitrogen and oxygen atoms in total. The van der Waals surface area contributed by atoms with E-state index in [9.17, 15) is 24.3 Å². The van der Waals surface area contributed by atoms with Crippen LogP contribution in [0.1, 0.15) is 44.2 Å². The molecule has 0 aliphatic rings. The van der Waals surface area contributed by atoms with Crippen LogP contribution in [0.15, 0.2) is 27.5 Å². The van der Waals surface area contributed by atoms with Crippen LogP contribution < -0.4 is 56.1 Å². The number of carbonyl (C=O) groups is 4. The average Bonchev–Trinajstić information content (AvgIpc) is 3.46. The molecule has 0 aliphatic heterocycles. The van der Waals surface area contributed by atoms with Crippen LogP contribution in [0, 0.1) is 0 Å². The third-order valence-corrected chi connectivity index (χ3v) is 6.05. The fourth-order valence-electron chi connectivity index (χ4n) is 3.83. The van der Waals surface area contributed by atoms with Crippen molar-refractivity contribution in [3.05, 3.63) is 18.2 Å². The first-order valence-corrected chi connectivity index (χ1v) is 13.8. The van der Waals surface area contributed by atoms with E-state index >= 15 is 0 Å². The summed E-state index contributed by atoms with van der Waals surface area (Å²) >= 11 is 0. The molecule has 4 unspecified atom stereocenters. The summed E-state index contributed by atoms with van der Waals surface area (Å²) < 4.78 is 0. The van der Waals surface area contributed by atoms with E-state index in [-0.39, 0.29) is 76.0 Å². The molecule has 44 heavy (non-hydrogen) atoms. The van der Waals surface area contributed by atoms with Gasteiger partial charge in [-0.3, -0.25) is 29.4 Å². The summed E-state index contributed by atoms with van der Waals surface area (Å²) in [7, 11) is 0. The van der Waals surface area contributed by atoms with E-state index in [0.29, 0.717) is 12.1 Å². The Balaban J connectivity index is 3.06. The van der Waals surface area contributed by atoms with Crippen LogP contribution >= 0.6 is 0 Å². The first kappa shape index (κ1) is 36.9. The van der Waals surface area contributed by atoms with Crippen molar-refractivity contribution >= 4 is 41.6 Å². The highest BCUT2D eigenvalue weighted by molar-refractivity contribution is 5.94. The molecule has 4 atom stereocenters. The van der Waals surface area contributed by atoms with Crippen LogP contribution in [-0.4, -0.2) is 100 Å². The molecule has 0 saturated heterocycles. The smallest absolute Gasteiger partial charge is 0.326 e. The molecule has 0 saturated carbocycles. The Morgan fingerprint density at radius 1 is 0.727 bits per heavy atom. The lowest BCUT2D eigenvalue weighted by Gasteiger charge is -2.25. The summed E-state index contributed by atoms with van der Waals surface area (Å²) in [5.41, 5.74) is 38.4. The number of amides is 3. The Hall–Kier alpha value is -5.14. The monoisotopic (exact) mass is 623 g/mol. The Morgan fingerprint density at radius 3 is 1.66 bits per heavy atom. The molecule has 0 fully saturated rings. The summed E-state index contributed by atoms with van der Waals surface area (Å²) in [6.45, 7) is 0.571. The Morgan fingerprint density at radius 2 is 1.18 bits per heavy atom. The number of aliphatic imine (C=N–C) groups is 3. The van der Waals surface area contributed by atoms with Gasteiger partial charge in [-0.2, -0.15) is 0 Å². The van der Waals surface area contributed by atoms with Crippen molar-refractivity contribution in [3.63, 3.8) is 0 Å². The molecular formula is C24H45N15O5. The summed E-state index contributed by atoms with van der Waals surface area (Å²) in [6, 6.07) is -4.64. The molecule has 0 bridgehead atoms. The number of H-pyrrole nitrogens is 1. The zero-order chi connectivity index (χ0) is 33.1. The van der Waals surface area contributed by atoms with Gasteiger partial charge < -0.3 is 66.2 Å². The molecule has 1 aromatic heterocycles. The molecule has 3 amide bonds. The van der Waals surface area contributed by atoms with Gasteiger partial charge in [-0.1, -0.05) is 0 Å². The fraction of sp³-hybridized carbons (Fsp3) is 0.583. The molecule has 0 aliphatic carbocycles. The maximum Gasteiger partial charge on any atom is 0.326 e. The summed E-state index contributed by atoms with van der Waals surface area (Å²) in [5, 5.41) is 17.3. The van der Waals surface area contributed by atoms with Crippen LogP contribution in [0.2, 0.25) is 0 Å². The highest BCUT2D eigenvalue weighted by Crippen LogP contribution is 2.07. The minimum absolute atomic E-state index is 0.0107. The van der Waals surface area contributed by atoms with Gasteiger partial charge in [0, 0.05) is 37.9 Å². The van der Waals surface area contributed by atoms with Gasteiger partial charge in [-0.25, -0.2) is 9.78 Å². The van der Waals surface area contributed by atoms with Gasteiger partial charge in [-0.15, -0.1) is 0 Å². The highest BCUT2D eigenvalue weighted by Gasteiger charge is 2.30. The van der Waals surface area contributed by atoms with Gasteiger partial charge in [-0.05, 0) is 38.5 Å². The standard InChI is InChI=1S/C24H45N15O5/c25-14(4-1-7-33-22(26)27)18(40)39-17(10-13-11-32-12-36-13)20(42)37-15(5-2-8-34-23(28)29)19(41)38-16(21(43)44)6-3-9-35-24(30)31/h11-12,14-17H,1-10,25H2,(H,32,36)(H,37,42)(H,38,41)(H,39,40)(H,43,44)(H4,26,27,33)(H4,28,29,34)(H4,30,31,35). The normalized spacial score (nSPS) is 13.3. The van der Waals surface area contributed by atoms with E-state index in [0.717, 1.165) is 0 Å². The SMILES string of the molecule is NC(N)=NCCCC(N)C(=O)NC(Cc1cnc[nH]1)C(=O)NC(CCCN=C(N)N)C(=O)NC(CCCN=C(N)N)C(=O)O. The molecule has 20 heteroatoms. The zero-order valence-electron chi connectivity index (χ0n) is 24.4. The van der Waals surface area contributed by atoms with Crippen molar-refractivity contribution in [2.75, 3.05) is 19.6 Å². The fourth-order valence-corrected chi connectivity index (χ4v) is 3.83. The number of guanidine groups is 3. The average molecular weight is 624 g/mol. The van der Waals surface area contributed by atoms with Crippen molar-refractivity contribution in [2.45, 2.75) is 69.1 Å². The van der Waals surface area contributed by atoms with Crippen molar-refractivity contribution in [2.24, 2.45) is 55.1 Å². The molecule has 1 heterocycles. The number of carboxylic acids is 1. The molecule has 246 valence electrons. The first-order valence-electron chi connectivity index (χ1n) is 13.8. The number of nitrogens with zero attached hydrogens (tertiary/aromatic N) is 4. The molecule has 1 rings (SSSR count). The van der Waals surface area contributed by atoms with Crippen molar-refractivity contribution in [3.8, 4) is 0 Å². The number of aliphatic carboxylic acids is 1. The van der Waals surface area contributed by atoms with Gasteiger partial charge >= 0.3 is 5.97 Å². The predicted molar refractivity (Wildman–Crippen MR) is 163 cm³/mol.